The molecule has 1 aromatic carbocycles. The number of aryl methyl sites for hydroxylation is 1. The molecule has 6 nitrogen and oxygen atoms in total. The number of aromatic nitrogens is 2. The molecule has 1 N–H and O–H groups in total. The highest BCUT2D eigenvalue weighted by molar-refractivity contribution is 6.04. The largest absolute Gasteiger partial charge is 0.325 e. The van der Waals surface area contributed by atoms with E-state index >= 15 is 0 Å². The van der Waals surface area contributed by atoms with Gasteiger partial charge >= 0.3 is 6.03 Å². The van der Waals surface area contributed by atoms with E-state index in [9.17, 15) is 14.0 Å². The van der Waals surface area contributed by atoms with Gasteiger partial charge in [0.25, 0.3) is 5.91 Å². The first-order chi connectivity index (χ1) is 11.5. The number of hydrogen-bond acceptors (Lipinski definition) is 3. The standard InChI is InChI=1S/C17H17FN4O2/c1-21-9-8-13(20-21)14-16(23)22(17(24)19-14)15(10-2-3-10)11-4-6-12(18)7-5-11/h4-10,14-15H,2-3H2,1H3,(H,19,24)/t14-,15+/m0/s1. The van der Waals surface area contributed by atoms with Crippen LogP contribution in [0.1, 0.15) is 36.2 Å². The summed E-state index contributed by atoms with van der Waals surface area (Å²) in [7, 11) is 1.76. The first-order valence-electron chi connectivity index (χ1n) is 7.93. The van der Waals surface area contributed by atoms with E-state index in [0.29, 0.717) is 5.69 Å². The Bertz CT molecular complexity index is 797. The maximum Gasteiger partial charge on any atom is 0.325 e. The van der Waals surface area contributed by atoms with Gasteiger partial charge in [-0.25, -0.2) is 9.18 Å². The molecule has 0 unspecified atom stereocenters. The van der Waals surface area contributed by atoms with Crippen LogP contribution in [0.3, 0.4) is 0 Å². The summed E-state index contributed by atoms with van der Waals surface area (Å²) in [6.07, 6.45) is 3.64. The lowest BCUT2D eigenvalue weighted by molar-refractivity contribution is -0.129. The van der Waals surface area contributed by atoms with Gasteiger partial charge in [-0.3, -0.25) is 14.4 Å². The van der Waals surface area contributed by atoms with Gasteiger partial charge in [0, 0.05) is 13.2 Å². The summed E-state index contributed by atoms with van der Waals surface area (Å²) in [5, 5.41) is 6.94. The molecule has 1 aliphatic heterocycles. The minimum Gasteiger partial charge on any atom is -0.320 e. The number of urea groups is 1. The number of benzene rings is 1. The van der Waals surface area contributed by atoms with Gasteiger partial charge in [-0.2, -0.15) is 5.10 Å². The van der Waals surface area contributed by atoms with Crippen molar-refractivity contribution in [3.05, 3.63) is 53.6 Å². The summed E-state index contributed by atoms with van der Waals surface area (Å²) in [5.41, 5.74) is 1.30. The number of rotatable bonds is 4. The topological polar surface area (TPSA) is 67.2 Å². The van der Waals surface area contributed by atoms with Crippen molar-refractivity contribution in [3.63, 3.8) is 0 Å². The van der Waals surface area contributed by atoms with E-state index in [4.69, 9.17) is 0 Å². The van der Waals surface area contributed by atoms with Gasteiger partial charge < -0.3 is 5.32 Å². The van der Waals surface area contributed by atoms with Crippen molar-refractivity contribution in [1.82, 2.24) is 20.0 Å². The third-order valence-corrected chi connectivity index (χ3v) is 4.56. The van der Waals surface area contributed by atoms with Crippen LogP contribution in [-0.4, -0.2) is 26.6 Å². The van der Waals surface area contributed by atoms with Gasteiger partial charge in [0.15, 0.2) is 6.04 Å². The molecule has 7 heteroatoms. The number of hydrogen-bond donors (Lipinski definition) is 1. The zero-order valence-electron chi connectivity index (χ0n) is 13.1. The van der Waals surface area contributed by atoms with E-state index in [1.807, 2.05) is 0 Å². The molecule has 0 bridgehead atoms. The minimum atomic E-state index is -0.764. The van der Waals surface area contributed by atoms with Crippen molar-refractivity contribution in [2.24, 2.45) is 13.0 Å². The SMILES string of the molecule is Cn1ccc([C@@H]2NC(=O)N([C@@H](c3ccc(F)cc3)C3CC3)C2=O)n1. The predicted molar refractivity (Wildman–Crippen MR) is 83.2 cm³/mol. The third kappa shape index (κ3) is 2.46. The molecule has 4 rings (SSSR count). The average molecular weight is 328 g/mol. The third-order valence-electron chi connectivity index (χ3n) is 4.56. The van der Waals surface area contributed by atoms with Crippen LogP contribution in [0.4, 0.5) is 9.18 Å². The molecule has 1 saturated heterocycles. The number of imide groups is 1. The predicted octanol–water partition coefficient (Wildman–Crippen LogP) is 2.30. The minimum absolute atomic E-state index is 0.229. The van der Waals surface area contributed by atoms with Gasteiger partial charge in [0.2, 0.25) is 0 Å². The molecular weight excluding hydrogens is 311 g/mol. The van der Waals surface area contributed by atoms with Gasteiger partial charge in [-0.1, -0.05) is 12.1 Å². The number of nitrogens with zero attached hydrogens (tertiary/aromatic N) is 3. The van der Waals surface area contributed by atoms with Crippen LogP contribution in [0.2, 0.25) is 0 Å². The Labute approximate surface area is 138 Å². The van der Waals surface area contributed by atoms with Gasteiger partial charge in [0.05, 0.1) is 11.7 Å². The summed E-state index contributed by atoms with van der Waals surface area (Å²) < 4.78 is 14.8. The normalized spacial score (nSPS) is 21.9. The quantitative estimate of drug-likeness (QED) is 0.876. The zero-order chi connectivity index (χ0) is 16.8. The van der Waals surface area contributed by atoms with E-state index in [0.717, 1.165) is 18.4 Å². The highest BCUT2D eigenvalue weighted by Crippen LogP contribution is 2.46. The van der Waals surface area contributed by atoms with Crippen LogP contribution in [0, 0.1) is 11.7 Å². The summed E-state index contributed by atoms with van der Waals surface area (Å²) in [5.74, 6) is -0.413. The molecule has 1 aromatic heterocycles. The van der Waals surface area contributed by atoms with Gasteiger partial charge in [-0.05, 0) is 42.5 Å². The second-order valence-corrected chi connectivity index (χ2v) is 6.34. The fraction of sp³-hybridized carbons (Fsp3) is 0.353. The number of amides is 3. The lowest BCUT2D eigenvalue weighted by Gasteiger charge is -2.25. The molecule has 2 heterocycles. The van der Waals surface area contributed by atoms with Crippen molar-refractivity contribution in [2.45, 2.75) is 24.9 Å². The molecule has 2 aliphatic rings. The van der Waals surface area contributed by atoms with E-state index in [1.54, 1.807) is 36.1 Å². The van der Waals surface area contributed by atoms with E-state index in [-0.39, 0.29) is 23.7 Å². The monoisotopic (exact) mass is 328 g/mol. The average Bonchev–Trinajstić information content (AvgIpc) is 3.24. The van der Waals surface area contributed by atoms with E-state index in [2.05, 4.69) is 10.4 Å². The van der Waals surface area contributed by atoms with Crippen LogP contribution in [-0.2, 0) is 11.8 Å². The smallest absolute Gasteiger partial charge is 0.320 e. The lowest BCUT2D eigenvalue weighted by Crippen LogP contribution is -2.36. The van der Waals surface area contributed by atoms with Crippen molar-refractivity contribution in [1.29, 1.82) is 0 Å². The fourth-order valence-corrected chi connectivity index (χ4v) is 3.25. The fourth-order valence-electron chi connectivity index (χ4n) is 3.25. The van der Waals surface area contributed by atoms with Crippen LogP contribution in [0.15, 0.2) is 36.5 Å². The van der Waals surface area contributed by atoms with Gasteiger partial charge in [-0.15, -0.1) is 0 Å². The molecule has 2 atom stereocenters. The van der Waals surface area contributed by atoms with Gasteiger partial charge in [0.1, 0.15) is 5.82 Å². The molecular formula is C17H17FN4O2. The number of carbonyl (C=O) groups excluding carboxylic acids is 2. The molecule has 1 aliphatic carbocycles. The lowest BCUT2D eigenvalue weighted by atomic mass is 10.0. The molecule has 1 saturated carbocycles. The maximum absolute atomic E-state index is 13.2. The first kappa shape index (κ1) is 14.9. The Morgan fingerprint density at radius 1 is 1.21 bits per heavy atom. The number of carbonyl (C=O) groups is 2. The molecule has 2 fully saturated rings. The zero-order valence-corrected chi connectivity index (χ0v) is 13.1. The second-order valence-electron chi connectivity index (χ2n) is 6.34. The Balaban J connectivity index is 1.67. The Hall–Kier alpha value is -2.70. The molecule has 24 heavy (non-hydrogen) atoms. The highest BCUT2D eigenvalue weighted by atomic mass is 19.1. The van der Waals surface area contributed by atoms with Crippen molar-refractivity contribution in [2.75, 3.05) is 0 Å². The summed E-state index contributed by atoms with van der Waals surface area (Å²) in [6, 6.07) is 6.19. The first-order valence-corrected chi connectivity index (χ1v) is 7.93. The summed E-state index contributed by atoms with van der Waals surface area (Å²) in [4.78, 5) is 26.6. The van der Waals surface area contributed by atoms with Crippen LogP contribution in [0.25, 0.3) is 0 Å². The number of halogens is 1. The van der Waals surface area contributed by atoms with Crippen molar-refractivity contribution < 1.29 is 14.0 Å². The van der Waals surface area contributed by atoms with Crippen molar-refractivity contribution in [3.8, 4) is 0 Å². The van der Waals surface area contributed by atoms with E-state index in [1.165, 1.54) is 17.0 Å². The van der Waals surface area contributed by atoms with Crippen LogP contribution in [0.5, 0.6) is 0 Å². The molecule has 0 radical (unpaired) electrons. The molecule has 3 amide bonds. The molecule has 0 spiro atoms. The highest BCUT2D eigenvalue weighted by Gasteiger charge is 2.48. The molecule has 2 aromatic rings. The second kappa shape index (κ2) is 5.43. The van der Waals surface area contributed by atoms with Crippen LogP contribution >= 0.6 is 0 Å². The maximum atomic E-state index is 13.2. The van der Waals surface area contributed by atoms with Crippen molar-refractivity contribution >= 4 is 11.9 Å². The van der Waals surface area contributed by atoms with E-state index < -0.39 is 12.1 Å². The van der Waals surface area contributed by atoms with Crippen LogP contribution < -0.4 is 5.32 Å². The Kier molecular flexibility index (Phi) is 3.37. The Morgan fingerprint density at radius 2 is 1.92 bits per heavy atom. The molecule has 124 valence electrons. The number of nitrogens with one attached hydrogen (secondary N) is 1. The Morgan fingerprint density at radius 3 is 2.50 bits per heavy atom. The summed E-state index contributed by atoms with van der Waals surface area (Å²) in [6.45, 7) is 0. The summed E-state index contributed by atoms with van der Waals surface area (Å²) >= 11 is 0.